The number of carbonyl (C=O) groups excluding carboxylic acids is 1. The molecule has 7 nitrogen and oxygen atoms in total. The molecule has 3 aromatic rings. The Bertz CT molecular complexity index is 1340. The van der Waals surface area contributed by atoms with Gasteiger partial charge in [0.2, 0.25) is 15.9 Å². The van der Waals surface area contributed by atoms with Crippen LogP contribution in [0.2, 0.25) is 0 Å². The standard InChI is InChI=1S/C27H32N4O3S/c1-20-8-9-21(2)24(19-20)29-15-17-30(18-16-29)27(32)23-10-13-31(14-11-23)35(33,34)25-7-3-5-22-6-4-12-28-26(22)25/h3-9,12,19,23H,10-11,13-18H2,1-2H3. The lowest BCUT2D eigenvalue weighted by Crippen LogP contribution is -2.52. The highest BCUT2D eigenvalue weighted by molar-refractivity contribution is 7.89. The van der Waals surface area contributed by atoms with Gasteiger partial charge in [0.15, 0.2) is 0 Å². The second-order valence-corrected chi connectivity index (χ2v) is 11.5. The molecular formula is C27H32N4O3S. The van der Waals surface area contributed by atoms with Crippen molar-refractivity contribution in [1.29, 1.82) is 0 Å². The summed E-state index contributed by atoms with van der Waals surface area (Å²) >= 11 is 0. The van der Waals surface area contributed by atoms with Crippen molar-refractivity contribution >= 4 is 32.5 Å². The number of amides is 1. The van der Waals surface area contributed by atoms with E-state index in [4.69, 9.17) is 0 Å². The highest BCUT2D eigenvalue weighted by Gasteiger charge is 2.35. The van der Waals surface area contributed by atoms with Crippen molar-refractivity contribution in [3.05, 3.63) is 65.9 Å². The van der Waals surface area contributed by atoms with Gasteiger partial charge in [-0.25, -0.2) is 8.42 Å². The van der Waals surface area contributed by atoms with Crippen molar-refractivity contribution < 1.29 is 13.2 Å². The molecule has 0 aliphatic carbocycles. The summed E-state index contributed by atoms with van der Waals surface area (Å²) in [5.41, 5.74) is 4.24. The topological polar surface area (TPSA) is 73.8 Å². The van der Waals surface area contributed by atoms with Crippen LogP contribution in [0.4, 0.5) is 5.69 Å². The Morgan fingerprint density at radius 2 is 1.63 bits per heavy atom. The largest absolute Gasteiger partial charge is 0.368 e. The van der Waals surface area contributed by atoms with Crippen LogP contribution in [0, 0.1) is 19.8 Å². The van der Waals surface area contributed by atoms with Gasteiger partial charge in [0.05, 0.1) is 5.52 Å². The predicted octanol–water partition coefficient (Wildman–Crippen LogP) is 3.60. The summed E-state index contributed by atoms with van der Waals surface area (Å²) in [5, 5.41) is 0.804. The molecule has 0 N–H and O–H groups in total. The molecule has 0 atom stereocenters. The molecule has 2 aromatic carbocycles. The molecule has 0 spiro atoms. The summed E-state index contributed by atoms with van der Waals surface area (Å²) in [4.78, 5) is 22.1. The third-order valence-corrected chi connectivity index (χ3v) is 9.24. The van der Waals surface area contributed by atoms with Gasteiger partial charge in [-0.05, 0) is 56.0 Å². The summed E-state index contributed by atoms with van der Waals surface area (Å²) in [6.45, 7) is 7.97. The number of fused-ring (bicyclic) bond motifs is 1. The minimum absolute atomic E-state index is 0.126. The molecule has 0 saturated carbocycles. The van der Waals surface area contributed by atoms with E-state index in [1.54, 1.807) is 24.4 Å². The van der Waals surface area contributed by atoms with Crippen LogP contribution in [0.1, 0.15) is 24.0 Å². The molecule has 5 rings (SSSR count). The molecule has 2 fully saturated rings. The molecule has 35 heavy (non-hydrogen) atoms. The third-order valence-electron chi connectivity index (χ3n) is 7.31. The lowest BCUT2D eigenvalue weighted by atomic mass is 9.96. The van der Waals surface area contributed by atoms with Crippen LogP contribution in [-0.2, 0) is 14.8 Å². The lowest BCUT2D eigenvalue weighted by molar-refractivity contribution is -0.137. The van der Waals surface area contributed by atoms with Crippen LogP contribution in [0.15, 0.2) is 59.6 Å². The van der Waals surface area contributed by atoms with E-state index in [-0.39, 0.29) is 16.7 Å². The number of benzene rings is 2. The second-order valence-electron chi connectivity index (χ2n) is 9.61. The molecule has 2 aliphatic heterocycles. The van der Waals surface area contributed by atoms with Gasteiger partial charge in [0.25, 0.3) is 0 Å². The average molecular weight is 493 g/mol. The Kier molecular flexibility index (Phi) is 6.51. The molecule has 0 bridgehead atoms. The first-order valence-electron chi connectivity index (χ1n) is 12.3. The van der Waals surface area contributed by atoms with Gasteiger partial charge in [0.1, 0.15) is 4.90 Å². The van der Waals surface area contributed by atoms with Crippen molar-refractivity contribution in [2.45, 2.75) is 31.6 Å². The number of piperazine rings is 1. The maximum absolute atomic E-state index is 13.4. The van der Waals surface area contributed by atoms with Crippen molar-refractivity contribution in [3.8, 4) is 0 Å². The number of nitrogens with zero attached hydrogens (tertiary/aromatic N) is 4. The van der Waals surface area contributed by atoms with Gasteiger partial charge < -0.3 is 9.80 Å². The number of aryl methyl sites for hydroxylation is 2. The Morgan fingerprint density at radius 3 is 2.37 bits per heavy atom. The molecule has 2 aliphatic rings. The molecule has 0 unspecified atom stereocenters. The summed E-state index contributed by atoms with van der Waals surface area (Å²) in [7, 11) is -3.67. The van der Waals surface area contributed by atoms with Crippen molar-refractivity contribution in [3.63, 3.8) is 0 Å². The number of sulfonamides is 1. The SMILES string of the molecule is Cc1ccc(C)c(N2CCN(C(=O)C3CCN(S(=O)(=O)c4cccc5cccnc45)CC3)CC2)c1. The van der Waals surface area contributed by atoms with E-state index in [0.717, 1.165) is 18.5 Å². The third kappa shape index (κ3) is 4.65. The van der Waals surface area contributed by atoms with Crippen LogP contribution in [-0.4, -0.2) is 67.8 Å². The van der Waals surface area contributed by atoms with Crippen molar-refractivity contribution in [1.82, 2.24) is 14.2 Å². The van der Waals surface area contributed by atoms with Crippen LogP contribution < -0.4 is 4.90 Å². The normalized spacial score (nSPS) is 18.2. The Morgan fingerprint density at radius 1 is 0.914 bits per heavy atom. The van der Waals surface area contributed by atoms with Crippen LogP contribution in [0.25, 0.3) is 10.9 Å². The highest BCUT2D eigenvalue weighted by Crippen LogP contribution is 2.29. The van der Waals surface area contributed by atoms with E-state index in [1.807, 2.05) is 17.0 Å². The predicted molar refractivity (Wildman–Crippen MR) is 138 cm³/mol. The number of anilines is 1. The zero-order valence-corrected chi connectivity index (χ0v) is 21.2. The molecule has 184 valence electrons. The van der Waals surface area contributed by atoms with Gasteiger partial charge in [-0.15, -0.1) is 0 Å². The zero-order chi connectivity index (χ0) is 24.6. The van der Waals surface area contributed by atoms with Crippen LogP contribution >= 0.6 is 0 Å². The molecule has 0 radical (unpaired) electrons. The maximum Gasteiger partial charge on any atom is 0.245 e. The first kappa shape index (κ1) is 23.8. The second kappa shape index (κ2) is 9.59. The smallest absolute Gasteiger partial charge is 0.245 e. The minimum atomic E-state index is -3.67. The number of pyridine rings is 1. The monoisotopic (exact) mass is 492 g/mol. The van der Waals surface area contributed by atoms with E-state index in [1.165, 1.54) is 21.1 Å². The number of hydrogen-bond acceptors (Lipinski definition) is 5. The van der Waals surface area contributed by atoms with Crippen molar-refractivity contribution in [2.75, 3.05) is 44.2 Å². The molecule has 2 saturated heterocycles. The molecular weight excluding hydrogens is 460 g/mol. The molecule has 3 heterocycles. The summed E-state index contributed by atoms with van der Waals surface area (Å²) in [5.74, 6) is 0.0360. The summed E-state index contributed by atoms with van der Waals surface area (Å²) < 4.78 is 28.3. The number of rotatable bonds is 4. The number of carbonyl (C=O) groups is 1. The van der Waals surface area contributed by atoms with Crippen LogP contribution in [0.5, 0.6) is 0 Å². The van der Waals surface area contributed by atoms with Gasteiger partial charge >= 0.3 is 0 Å². The first-order valence-corrected chi connectivity index (χ1v) is 13.7. The molecule has 1 aromatic heterocycles. The van der Waals surface area contributed by atoms with Gasteiger partial charge in [0, 0.05) is 62.5 Å². The number of aromatic nitrogens is 1. The van der Waals surface area contributed by atoms with Crippen LogP contribution in [0.3, 0.4) is 0 Å². The fourth-order valence-electron chi connectivity index (χ4n) is 5.25. The fourth-order valence-corrected chi connectivity index (χ4v) is 6.89. The number of piperidine rings is 1. The van der Waals surface area contributed by atoms with E-state index in [2.05, 4.69) is 41.9 Å². The van der Waals surface area contributed by atoms with E-state index in [0.29, 0.717) is 44.5 Å². The van der Waals surface area contributed by atoms with Gasteiger partial charge in [-0.2, -0.15) is 4.31 Å². The van der Waals surface area contributed by atoms with Gasteiger partial charge in [-0.1, -0.05) is 30.3 Å². The van der Waals surface area contributed by atoms with E-state index in [9.17, 15) is 13.2 Å². The zero-order valence-electron chi connectivity index (χ0n) is 20.4. The first-order chi connectivity index (χ1) is 16.8. The highest BCUT2D eigenvalue weighted by atomic mass is 32.2. The van der Waals surface area contributed by atoms with E-state index < -0.39 is 10.0 Å². The lowest BCUT2D eigenvalue weighted by Gasteiger charge is -2.39. The van der Waals surface area contributed by atoms with Gasteiger partial charge in [-0.3, -0.25) is 9.78 Å². The molecule has 8 heteroatoms. The Hall–Kier alpha value is -2.97. The quantitative estimate of drug-likeness (QED) is 0.556. The fraction of sp³-hybridized carbons (Fsp3) is 0.407. The number of para-hydroxylation sites is 1. The minimum Gasteiger partial charge on any atom is -0.368 e. The average Bonchev–Trinajstić information content (AvgIpc) is 2.89. The summed E-state index contributed by atoms with van der Waals surface area (Å²) in [6, 6.07) is 15.4. The summed E-state index contributed by atoms with van der Waals surface area (Å²) in [6.07, 6.45) is 2.72. The number of hydrogen-bond donors (Lipinski definition) is 0. The Balaban J connectivity index is 1.21. The van der Waals surface area contributed by atoms with Crippen molar-refractivity contribution in [2.24, 2.45) is 5.92 Å². The Labute approximate surface area is 207 Å². The molecule has 1 amide bonds. The maximum atomic E-state index is 13.4. The van der Waals surface area contributed by atoms with E-state index >= 15 is 0 Å².